The lowest BCUT2D eigenvalue weighted by Gasteiger charge is -2.14. The van der Waals surface area contributed by atoms with Gasteiger partial charge in [0.25, 0.3) is 0 Å². The van der Waals surface area contributed by atoms with Crippen LogP contribution in [-0.2, 0) is 16.1 Å². The molecule has 0 spiro atoms. The maximum Gasteiger partial charge on any atom is 0.243 e. The van der Waals surface area contributed by atoms with Gasteiger partial charge in [0.1, 0.15) is 18.5 Å². The lowest BCUT2D eigenvalue weighted by molar-refractivity contribution is -0.0321. The first-order valence-corrected chi connectivity index (χ1v) is 8.42. The average molecular weight is 340 g/mol. The topological polar surface area (TPSA) is 82.2 Å². The minimum absolute atomic E-state index is 0.0539. The normalized spacial score (nSPS) is 20.2. The zero-order valence-corrected chi connectivity index (χ0v) is 13.8. The number of hydrogen-bond donors (Lipinski definition) is 1. The van der Waals surface area contributed by atoms with Gasteiger partial charge in [-0.3, -0.25) is 0 Å². The summed E-state index contributed by atoms with van der Waals surface area (Å²) in [7, 11) is 0. The van der Waals surface area contributed by atoms with Crippen molar-refractivity contribution in [2.45, 2.75) is 31.7 Å². The SMILES string of the molecule is c1ccc(COC[C@@H]2CC[C@H](COc3ncnc4nc[nH]c34)O2)cc1. The summed E-state index contributed by atoms with van der Waals surface area (Å²) in [5.74, 6) is 0.509. The van der Waals surface area contributed by atoms with Crippen LogP contribution in [0.4, 0.5) is 0 Å². The molecule has 1 aliphatic rings. The Morgan fingerprint density at radius 2 is 1.88 bits per heavy atom. The Kier molecular flexibility index (Phi) is 4.85. The summed E-state index contributed by atoms with van der Waals surface area (Å²) in [4.78, 5) is 15.3. The number of nitrogens with zero attached hydrogens (tertiary/aromatic N) is 3. The highest BCUT2D eigenvalue weighted by Gasteiger charge is 2.26. The van der Waals surface area contributed by atoms with Crippen molar-refractivity contribution in [3.63, 3.8) is 0 Å². The minimum Gasteiger partial charge on any atom is -0.473 e. The molecule has 1 saturated heterocycles. The van der Waals surface area contributed by atoms with Crippen LogP contribution in [0.3, 0.4) is 0 Å². The van der Waals surface area contributed by atoms with Gasteiger partial charge in [-0.05, 0) is 18.4 Å². The van der Waals surface area contributed by atoms with Gasteiger partial charge in [0.05, 0.1) is 31.7 Å². The maximum atomic E-state index is 6.00. The van der Waals surface area contributed by atoms with Gasteiger partial charge < -0.3 is 19.2 Å². The van der Waals surface area contributed by atoms with Crippen LogP contribution in [0, 0.1) is 0 Å². The number of fused-ring (bicyclic) bond motifs is 1. The molecule has 0 bridgehead atoms. The molecule has 0 aliphatic carbocycles. The number of aromatic amines is 1. The van der Waals surface area contributed by atoms with Crippen LogP contribution in [0.1, 0.15) is 18.4 Å². The zero-order valence-electron chi connectivity index (χ0n) is 13.8. The highest BCUT2D eigenvalue weighted by molar-refractivity contribution is 5.74. The number of hydrogen-bond acceptors (Lipinski definition) is 6. The van der Waals surface area contributed by atoms with Crippen molar-refractivity contribution in [2.75, 3.05) is 13.2 Å². The predicted molar refractivity (Wildman–Crippen MR) is 91.2 cm³/mol. The van der Waals surface area contributed by atoms with Crippen molar-refractivity contribution in [3.05, 3.63) is 48.5 Å². The molecule has 0 saturated carbocycles. The maximum absolute atomic E-state index is 6.00. The third-order valence-electron chi connectivity index (χ3n) is 4.20. The van der Waals surface area contributed by atoms with Crippen LogP contribution in [0.25, 0.3) is 11.2 Å². The quantitative estimate of drug-likeness (QED) is 0.711. The van der Waals surface area contributed by atoms with Gasteiger partial charge in [0, 0.05) is 0 Å². The van der Waals surface area contributed by atoms with E-state index in [4.69, 9.17) is 14.2 Å². The average Bonchev–Trinajstić information content (AvgIpc) is 3.30. The van der Waals surface area contributed by atoms with E-state index in [1.54, 1.807) is 6.33 Å². The number of H-pyrrole nitrogens is 1. The fraction of sp³-hybridized carbons (Fsp3) is 0.389. The van der Waals surface area contributed by atoms with Crippen molar-refractivity contribution in [1.82, 2.24) is 19.9 Å². The molecule has 25 heavy (non-hydrogen) atoms. The molecule has 7 nitrogen and oxygen atoms in total. The van der Waals surface area contributed by atoms with Crippen molar-refractivity contribution >= 4 is 11.2 Å². The van der Waals surface area contributed by atoms with Crippen molar-refractivity contribution in [1.29, 1.82) is 0 Å². The molecule has 0 unspecified atom stereocenters. The standard InChI is InChI=1S/C18H20N4O3/c1-2-4-13(5-3-1)8-23-9-14-6-7-15(25-14)10-24-18-16-17(20-11-19-16)21-12-22-18/h1-5,11-12,14-15H,6-10H2,(H,19,20,21,22)/t14-,15+/m0/s1. The summed E-state index contributed by atoms with van der Waals surface area (Å²) < 4.78 is 17.6. The fourth-order valence-corrected chi connectivity index (χ4v) is 2.93. The summed E-state index contributed by atoms with van der Waals surface area (Å²) in [6, 6.07) is 10.2. The molecule has 1 aliphatic heterocycles. The summed E-state index contributed by atoms with van der Waals surface area (Å²) in [5, 5.41) is 0. The second-order valence-corrected chi connectivity index (χ2v) is 6.05. The Balaban J connectivity index is 1.22. The molecule has 3 heterocycles. The molecule has 1 N–H and O–H groups in total. The Hall–Kier alpha value is -2.51. The van der Waals surface area contributed by atoms with Crippen LogP contribution in [0.5, 0.6) is 5.88 Å². The Bertz CT molecular complexity index is 808. The van der Waals surface area contributed by atoms with Crippen LogP contribution >= 0.6 is 0 Å². The van der Waals surface area contributed by atoms with Crippen molar-refractivity contribution in [2.24, 2.45) is 0 Å². The molecule has 4 rings (SSSR count). The van der Waals surface area contributed by atoms with E-state index in [1.807, 2.05) is 18.2 Å². The number of benzene rings is 1. The van der Waals surface area contributed by atoms with E-state index in [0.29, 0.717) is 36.9 Å². The van der Waals surface area contributed by atoms with E-state index in [2.05, 4.69) is 32.1 Å². The molecule has 7 heteroatoms. The van der Waals surface area contributed by atoms with E-state index >= 15 is 0 Å². The lowest BCUT2D eigenvalue weighted by Crippen LogP contribution is -2.21. The predicted octanol–water partition coefficient (Wildman–Crippen LogP) is 2.50. The number of aromatic nitrogens is 4. The van der Waals surface area contributed by atoms with E-state index in [0.717, 1.165) is 12.8 Å². The third kappa shape index (κ3) is 3.94. The lowest BCUT2D eigenvalue weighted by atomic mass is 10.2. The van der Waals surface area contributed by atoms with E-state index in [9.17, 15) is 0 Å². The van der Waals surface area contributed by atoms with Crippen LogP contribution < -0.4 is 4.74 Å². The van der Waals surface area contributed by atoms with Gasteiger partial charge in [0.2, 0.25) is 5.88 Å². The molecule has 3 aromatic rings. The monoisotopic (exact) mass is 340 g/mol. The van der Waals surface area contributed by atoms with Crippen molar-refractivity contribution in [3.8, 4) is 5.88 Å². The van der Waals surface area contributed by atoms with E-state index in [1.165, 1.54) is 11.9 Å². The highest BCUT2D eigenvalue weighted by Crippen LogP contribution is 2.23. The first-order chi connectivity index (χ1) is 12.4. The number of nitrogens with one attached hydrogen (secondary N) is 1. The smallest absolute Gasteiger partial charge is 0.243 e. The first kappa shape index (κ1) is 16.0. The molecule has 2 atom stereocenters. The van der Waals surface area contributed by atoms with Crippen LogP contribution in [0.15, 0.2) is 43.0 Å². The van der Waals surface area contributed by atoms with Gasteiger partial charge in [-0.25, -0.2) is 9.97 Å². The second kappa shape index (κ2) is 7.58. The molecule has 0 amide bonds. The van der Waals surface area contributed by atoms with Gasteiger partial charge in [-0.1, -0.05) is 30.3 Å². The molecule has 2 aromatic heterocycles. The highest BCUT2D eigenvalue weighted by atomic mass is 16.6. The number of ether oxygens (including phenoxy) is 3. The van der Waals surface area contributed by atoms with Crippen LogP contribution in [0.2, 0.25) is 0 Å². The number of imidazole rings is 1. The summed E-state index contributed by atoms with van der Waals surface area (Å²) >= 11 is 0. The molecular weight excluding hydrogens is 320 g/mol. The van der Waals surface area contributed by atoms with Gasteiger partial charge in [-0.15, -0.1) is 0 Å². The van der Waals surface area contributed by atoms with Gasteiger partial charge >= 0.3 is 0 Å². The van der Waals surface area contributed by atoms with Crippen LogP contribution in [-0.4, -0.2) is 45.4 Å². The molecule has 130 valence electrons. The summed E-state index contributed by atoms with van der Waals surface area (Å²) in [5.41, 5.74) is 2.49. The largest absolute Gasteiger partial charge is 0.473 e. The summed E-state index contributed by atoms with van der Waals surface area (Å²) in [6.45, 7) is 1.67. The second-order valence-electron chi connectivity index (χ2n) is 6.05. The molecule has 1 fully saturated rings. The summed E-state index contributed by atoms with van der Waals surface area (Å²) in [6.07, 6.45) is 5.14. The van der Waals surface area contributed by atoms with E-state index < -0.39 is 0 Å². The van der Waals surface area contributed by atoms with Gasteiger partial charge in [-0.2, -0.15) is 4.98 Å². The Morgan fingerprint density at radius 3 is 2.76 bits per heavy atom. The third-order valence-corrected chi connectivity index (χ3v) is 4.20. The zero-order chi connectivity index (χ0) is 16.9. The molecule has 0 radical (unpaired) electrons. The Morgan fingerprint density at radius 1 is 1.04 bits per heavy atom. The molecular formula is C18H20N4O3. The van der Waals surface area contributed by atoms with E-state index in [-0.39, 0.29) is 12.2 Å². The first-order valence-electron chi connectivity index (χ1n) is 8.42. The molecule has 1 aromatic carbocycles. The van der Waals surface area contributed by atoms with Crippen molar-refractivity contribution < 1.29 is 14.2 Å². The van der Waals surface area contributed by atoms with Gasteiger partial charge in [0.15, 0.2) is 5.65 Å². The fourth-order valence-electron chi connectivity index (χ4n) is 2.93. The Labute approximate surface area is 145 Å². The number of rotatable bonds is 7. The minimum atomic E-state index is 0.0539.